The first-order chi connectivity index (χ1) is 7.22. The second-order valence-corrected chi connectivity index (χ2v) is 4.22. The number of hydrogen-bond donors (Lipinski definition) is 0. The Morgan fingerprint density at radius 1 is 1.07 bits per heavy atom. The van der Waals surface area contributed by atoms with Gasteiger partial charge in [-0.25, -0.2) is 0 Å². The number of rotatable bonds is 10. The standard InChI is InChI=1S/C13H26O2/c1-4-5-6-7-8-9-10-11-13(14)12(2)15-3/h12H,4-11H2,1-3H3. The number of ether oxygens (including phenoxy) is 1. The molecule has 0 heterocycles. The number of methoxy groups -OCH3 is 1. The molecular weight excluding hydrogens is 188 g/mol. The van der Waals surface area contributed by atoms with E-state index in [2.05, 4.69) is 6.92 Å². The van der Waals surface area contributed by atoms with Crippen LogP contribution in [0.5, 0.6) is 0 Å². The van der Waals surface area contributed by atoms with Gasteiger partial charge in [0, 0.05) is 13.5 Å². The lowest BCUT2D eigenvalue weighted by molar-refractivity contribution is -0.127. The van der Waals surface area contributed by atoms with E-state index < -0.39 is 0 Å². The summed E-state index contributed by atoms with van der Waals surface area (Å²) in [6.07, 6.45) is 9.26. The summed E-state index contributed by atoms with van der Waals surface area (Å²) in [4.78, 5) is 11.4. The first kappa shape index (κ1) is 14.6. The molecule has 0 radical (unpaired) electrons. The Hall–Kier alpha value is -0.370. The van der Waals surface area contributed by atoms with Gasteiger partial charge in [0.25, 0.3) is 0 Å². The van der Waals surface area contributed by atoms with Crippen LogP contribution in [0.3, 0.4) is 0 Å². The van der Waals surface area contributed by atoms with Gasteiger partial charge < -0.3 is 4.74 Å². The van der Waals surface area contributed by atoms with Crippen LogP contribution < -0.4 is 0 Å². The summed E-state index contributed by atoms with van der Waals surface area (Å²) in [7, 11) is 1.59. The molecule has 0 aromatic carbocycles. The smallest absolute Gasteiger partial charge is 0.161 e. The maximum absolute atomic E-state index is 11.4. The van der Waals surface area contributed by atoms with Gasteiger partial charge in [-0.05, 0) is 13.3 Å². The molecule has 0 saturated carbocycles. The highest BCUT2D eigenvalue weighted by Gasteiger charge is 2.10. The molecule has 15 heavy (non-hydrogen) atoms. The van der Waals surface area contributed by atoms with Crippen LogP contribution in [0.2, 0.25) is 0 Å². The van der Waals surface area contributed by atoms with Crippen molar-refractivity contribution in [3.05, 3.63) is 0 Å². The van der Waals surface area contributed by atoms with Crippen molar-refractivity contribution < 1.29 is 9.53 Å². The van der Waals surface area contributed by atoms with Crippen molar-refractivity contribution >= 4 is 5.78 Å². The molecule has 0 amide bonds. The largest absolute Gasteiger partial charge is 0.374 e. The molecule has 90 valence electrons. The topological polar surface area (TPSA) is 26.3 Å². The first-order valence-electron chi connectivity index (χ1n) is 6.27. The highest BCUT2D eigenvalue weighted by atomic mass is 16.5. The SMILES string of the molecule is CCCCCCCCCC(=O)C(C)OC. The fraction of sp³-hybridized carbons (Fsp3) is 0.923. The minimum Gasteiger partial charge on any atom is -0.374 e. The molecule has 2 nitrogen and oxygen atoms in total. The lowest BCUT2D eigenvalue weighted by Crippen LogP contribution is -2.18. The first-order valence-corrected chi connectivity index (χ1v) is 6.27. The number of ketones is 1. The van der Waals surface area contributed by atoms with Gasteiger partial charge in [0.1, 0.15) is 6.10 Å². The summed E-state index contributed by atoms with van der Waals surface area (Å²) in [5, 5.41) is 0. The third-order valence-electron chi connectivity index (χ3n) is 2.83. The van der Waals surface area contributed by atoms with Gasteiger partial charge >= 0.3 is 0 Å². The molecule has 0 spiro atoms. The quantitative estimate of drug-likeness (QED) is 0.518. The molecule has 0 aliphatic carbocycles. The van der Waals surface area contributed by atoms with E-state index in [0.717, 1.165) is 6.42 Å². The van der Waals surface area contributed by atoms with Crippen LogP contribution >= 0.6 is 0 Å². The average Bonchev–Trinajstić information content (AvgIpc) is 2.26. The van der Waals surface area contributed by atoms with Gasteiger partial charge in [-0.15, -0.1) is 0 Å². The van der Waals surface area contributed by atoms with Crippen molar-refractivity contribution in [3.63, 3.8) is 0 Å². The van der Waals surface area contributed by atoms with Crippen molar-refractivity contribution in [2.45, 2.75) is 71.3 Å². The molecule has 0 N–H and O–H groups in total. The fourth-order valence-corrected chi connectivity index (χ4v) is 1.59. The minimum absolute atomic E-state index is 0.218. The highest BCUT2D eigenvalue weighted by Crippen LogP contribution is 2.09. The van der Waals surface area contributed by atoms with Crippen LogP contribution in [-0.2, 0) is 9.53 Å². The maximum atomic E-state index is 11.4. The molecule has 0 aromatic rings. The van der Waals surface area contributed by atoms with E-state index in [1.54, 1.807) is 7.11 Å². The summed E-state index contributed by atoms with van der Waals surface area (Å²) < 4.78 is 4.97. The normalized spacial score (nSPS) is 12.7. The second kappa shape index (κ2) is 10.2. The number of unbranched alkanes of at least 4 members (excludes halogenated alkanes) is 6. The van der Waals surface area contributed by atoms with Crippen molar-refractivity contribution in [3.8, 4) is 0 Å². The molecular formula is C13H26O2. The van der Waals surface area contributed by atoms with Crippen molar-refractivity contribution in [2.75, 3.05) is 7.11 Å². The number of hydrogen-bond acceptors (Lipinski definition) is 2. The van der Waals surface area contributed by atoms with Gasteiger partial charge in [-0.3, -0.25) is 4.79 Å². The lowest BCUT2D eigenvalue weighted by Gasteiger charge is -2.07. The van der Waals surface area contributed by atoms with Crippen LogP contribution in [0.4, 0.5) is 0 Å². The minimum atomic E-state index is -0.218. The summed E-state index contributed by atoms with van der Waals surface area (Å²) in [6, 6.07) is 0. The molecule has 0 saturated heterocycles. The Balaban J connectivity index is 3.20. The molecule has 0 aliphatic rings. The van der Waals surface area contributed by atoms with Crippen LogP contribution in [0.1, 0.15) is 65.2 Å². The third kappa shape index (κ3) is 8.61. The third-order valence-corrected chi connectivity index (χ3v) is 2.83. The van der Waals surface area contributed by atoms with E-state index in [4.69, 9.17) is 4.74 Å². The molecule has 1 atom stereocenters. The van der Waals surface area contributed by atoms with E-state index in [1.807, 2.05) is 6.92 Å². The lowest BCUT2D eigenvalue weighted by atomic mass is 10.1. The zero-order valence-electron chi connectivity index (χ0n) is 10.6. The molecule has 0 bridgehead atoms. The van der Waals surface area contributed by atoms with Crippen LogP contribution in [0, 0.1) is 0 Å². The number of Topliss-reactive ketones (excluding diaryl/α,β-unsaturated/α-hetero) is 1. The van der Waals surface area contributed by atoms with E-state index in [0.29, 0.717) is 6.42 Å². The average molecular weight is 214 g/mol. The Morgan fingerprint density at radius 2 is 1.60 bits per heavy atom. The van der Waals surface area contributed by atoms with Crippen molar-refractivity contribution in [2.24, 2.45) is 0 Å². The van der Waals surface area contributed by atoms with Crippen LogP contribution in [-0.4, -0.2) is 19.0 Å². The molecule has 2 heteroatoms. The van der Waals surface area contributed by atoms with Crippen molar-refractivity contribution in [1.82, 2.24) is 0 Å². The van der Waals surface area contributed by atoms with Gasteiger partial charge in [0.2, 0.25) is 0 Å². The molecule has 0 aromatic heterocycles. The zero-order chi connectivity index (χ0) is 11.5. The fourth-order valence-electron chi connectivity index (χ4n) is 1.59. The summed E-state index contributed by atoms with van der Waals surface area (Å²) >= 11 is 0. The second-order valence-electron chi connectivity index (χ2n) is 4.22. The van der Waals surface area contributed by atoms with Crippen LogP contribution in [0.15, 0.2) is 0 Å². The van der Waals surface area contributed by atoms with E-state index in [9.17, 15) is 4.79 Å². The Labute approximate surface area is 94.4 Å². The molecule has 0 rings (SSSR count). The Kier molecular flexibility index (Phi) is 9.91. The summed E-state index contributed by atoms with van der Waals surface area (Å²) in [6.45, 7) is 4.05. The zero-order valence-corrected chi connectivity index (χ0v) is 10.6. The van der Waals surface area contributed by atoms with E-state index in [1.165, 1.54) is 38.5 Å². The maximum Gasteiger partial charge on any atom is 0.161 e. The Bertz CT molecular complexity index is 155. The summed E-state index contributed by atoms with van der Waals surface area (Å²) in [5.41, 5.74) is 0. The predicted octanol–water partition coefficient (Wildman–Crippen LogP) is 3.73. The van der Waals surface area contributed by atoms with Gasteiger partial charge in [0.15, 0.2) is 5.78 Å². The van der Waals surface area contributed by atoms with Gasteiger partial charge in [0.05, 0.1) is 0 Å². The highest BCUT2D eigenvalue weighted by molar-refractivity contribution is 5.82. The number of carbonyl (C=O) groups is 1. The summed E-state index contributed by atoms with van der Waals surface area (Å²) in [5.74, 6) is 0.242. The Morgan fingerprint density at radius 3 is 2.13 bits per heavy atom. The van der Waals surface area contributed by atoms with Crippen LogP contribution in [0.25, 0.3) is 0 Å². The van der Waals surface area contributed by atoms with Gasteiger partial charge in [-0.1, -0.05) is 45.4 Å². The van der Waals surface area contributed by atoms with Gasteiger partial charge in [-0.2, -0.15) is 0 Å². The predicted molar refractivity (Wildman–Crippen MR) is 64.1 cm³/mol. The number of carbonyl (C=O) groups excluding carboxylic acids is 1. The molecule has 0 aliphatic heterocycles. The van der Waals surface area contributed by atoms with Crippen molar-refractivity contribution in [1.29, 1.82) is 0 Å². The van der Waals surface area contributed by atoms with E-state index >= 15 is 0 Å². The monoisotopic (exact) mass is 214 g/mol. The molecule has 0 fully saturated rings. The van der Waals surface area contributed by atoms with E-state index in [-0.39, 0.29) is 11.9 Å². The molecule has 1 unspecified atom stereocenters.